The molecule has 0 amide bonds. The van der Waals surface area contributed by atoms with Crippen LogP contribution in [0, 0.1) is 11.8 Å². The molecular weight excluding hydrogens is 449 g/mol. The molecule has 1 saturated carbocycles. The summed E-state index contributed by atoms with van der Waals surface area (Å²) in [6.07, 6.45) is 9.08. The number of rotatable bonds is 10. The lowest BCUT2D eigenvalue weighted by molar-refractivity contribution is -0.137. The molecule has 1 aliphatic heterocycles. The summed E-state index contributed by atoms with van der Waals surface area (Å²) in [5, 5.41) is 0. The van der Waals surface area contributed by atoms with Gasteiger partial charge in [0, 0.05) is 13.6 Å². The van der Waals surface area contributed by atoms with E-state index in [1.54, 1.807) is 0 Å². The number of unbranched alkanes of at least 4 members (excludes halogenated alkanes) is 2. The molecule has 0 unspecified atom stereocenters. The molecule has 0 spiro atoms. The minimum absolute atomic E-state index is 0.0868. The summed E-state index contributed by atoms with van der Waals surface area (Å²) < 4.78 is 65.1. The third-order valence-electron chi connectivity index (χ3n) is 7.41. The summed E-state index contributed by atoms with van der Waals surface area (Å²) in [4.78, 5) is 2.51. The number of halogens is 3. The molecule has 1 aromatic carbocycles. The molecule has 1 aromatic rings. The van der Waals surface area contributed by atoms with Crippen LogP contribution in [0.1, 0.15) is 76.2 Å². The predicted octanol–water partition coefficient (Wildman–Crippen LogP) is 6.18. The molecule has 0 radical (unpaired) electrons. The van der Waals surface area contributed by atoms with Gasteiger partial charge < -0.3 is 4.90 Å². The van der Waals surface area contributed by atoms with E-state index in [2.05, 4.69) is 4.90 Å². The molecule has 0 bridgehead atoms. The highest BCUT2D eigenvalue weighted by atomic mass is 32.2. The number of sulfonamides is 1. The average molecular weight is 489 g/mol. The Morgan fingerprint density at radius 1 is 0.909 bits per heavy atom. The summed E-state index contributed by atoms with van der Waals surface area (Å²) in [5.74, 6) is 1.06. The lowest BCUT2D eigenvalue weighted by Crippen LogP contribution is -2.33. The molecule has 3 rings (SSSR count). The van der Waals surface area contributed by atoms with Gasteiger partial charge in [-0.05, 0) is 87.8 Å². The van der Waals surface area contributed by atoms with Crippen LogP contribution in [0.5, 0.6) is 0 Å². The highest BCUT2D eigenvalue weighted by Crippen LogP contribution is 2.34. The van der Waals surface area contributed by atoms with Crippen molar-refractivity contribution in [2.45, 2.75) is 81.7 Å². The summed E-state index contributed by atoms with van der Waals surface area (Å²) in [6.45, 7) is 4.21. The van der Waals surface area contributed by atoms with E-state index in [-0.39, 0.29) is 4.90 Å². The van der Waals surface area contributed by atoms with Gasteiger partial charge in [-0.15, -0.1) is 0 Å². The van der Waals surface area contributed by atoms with Gasteiger partial charge >= 0.3 is 6.18 Å². The summed E-state index contributed by atoms with van der Waals surface area (Å²) in [7, 11) is -2.25. The van der Waals surface area contributed by atoms with Gasteiger partial charge in [0.2, 0.25) is 10.0 Å². The van der Waals surface area contributed by atoms with Gasteiger partial charge in [0.25, 0.3) is 0 Å². The van der Waals surface area contributed by atoms with E-state index in [1.807, 2.05) is 0 Å². The van der Waals surface area contributed by atoms with Crippen molar-refractivity contribution >= 4 is 10.0 Å². The second-order valence-corrected chi connectivity index (χ2v) is 12.0. The Morgan fingerprint density at radius 3 is 2.12 bits per heavy atom. The first-order valence-corrected chi connectivity index (χ1v) is 14.0. The molecule has 1 aliphatic carbocycles. The Bertz CT molecular complexity index is 813. The van der Waals surface area contributed by atoms with Crippen molar-refractivity contribution in [1.82, 2.24) is 9.21 Å². The van der Waals surface area contributed by atoms with Crippen LogP contribution in [0.3, 0.4) is 0 Å². The zero-order chi connectivity index (χ0) is 23.9. The highest BCUT2D eigenvalue weighted by molar-refractivity contribution is 7.89. The Kier molecular flexibility index (Phi) is 9.65. The van der Waals surface area contributed by atoms with Gasteiger partial charge in [0.1, 0.15) is 0 Å². The average Bonchev–Trinajstić information content (AvgIpc) is 2.80. The zero-order valence-electron chi connectivity index (χ0n) is 19.8. The van der Waals surface area contributed by atoms with E-state index in [9.17, 15) is 21.6 Å². The van der Waals surface area contributed by atoms with Crippen molar-refractivity contribution in [3.05, 3.63) is 29.8 Å². The Hall–Kier alpha value is -1.12. The third-order valence-corrected chi connectivity index (χ3v) is 9.24. The van der Waals surface area contributed by atoms with E-state index >= 15 is 0 Å². The van der Waals surface area contributed by atoms with Crippen LogP contribution in [0.25, 0.3) is 0 Å². The summed E-state index contributed by atoms with van der Waals surface area (Å²) in [5.41, 5.74) is -0.839. The fourth-order valence-corrected chi connectivity index (χ4v) is 6.54. The predicted molar refractivity (Wildman–Crippen MR) is 125 cm³/mol. The van der Waals surface area contributed by atoms with Crippen molar-refractivity contribution in [3.8, 4) is 0 Å². The zero-order valence-corrected chi connectivity index (χ0v) is 20.6. The Morgan fingerprint density at radius 2 is 1.52 bits per heavy atom. The Labute approximate surface area is 197 Å². The van der Waals surface area contributed by atoms with Crippen molar-refractivity contribution in [3.63, 3.8) is 0 Å². The molecule has 0 atom stereocenters. The maximum Gasteiger partial charge on any atom is 0.416 e. The fourth-order valence-electron chi connectivity index (χ4n) is 5.29. The maximum absolute atomic E-state index is 12.8. The molecule has 1 saturated heterocycles. The third kappa shape index (κ3) is 7.96. The largest absolute Gasteiger partial charge is 0.416 e. The van der Waals surface area contributed by atoms with Crippen LogP contribution in [-0.2, 0) is 16.2 Å². The monoisotopic (exact) mass is 488 g/mol. The minimum atomic E-state index is -4.47. The van der Waals surface area contributed by atoms with Crippen LogP contribution < -0.4 is 0 Å². The Balaban J connectivity index is 1.35. The smallest absolute Gasteiger partial charge is 0.303 e. The van der Waals surface area contributed by atoms with Crippen LogP contribution in [0.2, 0.25) is 0 Å². The van der Waals surface area contributed by atoms with Gasteiger partial charge in [0.05, 0.1) is 10.5 Å². The first-order valence-electron chi connectivity index (χ1n) is 12.5. The topological polar surface area (TPSA) is 40.6 Å². The molecule has 2 fully saturated rings. The minimum Gasteiger partial charge on any atom is -0.303 e. The molecule has 188 valence electrons. The number of nitrogens with zero attached hydrogens (tertiary/aromatic N) is 2. The maximum atomic E-state index is 12.8. The van der Waals surface area contributed by atoms with E-state index in [0.29, 0.717) is 12.5 Å². The molecular formula is C25H39F3N2O2S. The number of benzene rings is 1. The molecule has 4 nitrogen and oxygen atoms in total. The van der Waals surface area contributed by atoms with Crippen molar-refractivity contribution in [2.24, 2.45) is 11.8 Å². The number of hydrogen-bond donors (Lipinski definition) is 0. The number of likely N-dealkylation sites (tertiary alicyclic amines) is 1. The van der Waals surface area contributed by atoms with Crippen LogP contribution in [-0.4, -0.2) is 50.8 Å². The molecule has 2 aliphatic rings. The van der Waals surface area contributed by atoms with Gasteiger partial charge in [-0.25, -0.2) is 12.7 Å². The van der Waals surface area contributed by atoms with E-state index in [0.717, 1.165) is 55.9 Å². The second kappa shape index (κ2) is 12.0. The number of hydrogen-bond acceptors (Lipinski definition) is 3. The van der Waals surface area contributed by atoms with Gasteiger partial charge in [-0.2, -0.15) is 13.2 Å². The van der Waals surface area contributed by atoms with Crippen molar-refractivity contribution in [1.29, 1.82) is 0 Å². The first kappa shape index (κ1) is 26.5. The van der Waals surface area contributed by atoms with Crippen molar-refractivity contribution < 1.29 is 21.6 Å². The van der Waals surface area contributed by atoms with Crippen LogP contribution in [0.4, 0.5) is 13.2 Å². The van der Waals surface area contributed by atoms with Crippen molar-refractivity contribution in [2.75, 3.05) is 33.2 Å². The van der Waals surface area contributed by atoms with Gasteiger partial charge in [-0.3, -0.25) is 0 Å². The molecule has 33 heavy (non-hydrogen) atoms. The molecule has 0 N–H and O–H groups in total. The quantitative estimate of drug-likeness (QED) is 0.369. The lowest BCUT2D eigenvalue weighted by atomic mass is 9.80. The standard InChI is InChI=1S/C25H39F3N2O2S/c1-29(33(31,32)24-15-13-23(14-16-24)25(26,27)28)20-22-11-9-21(10-12-22)8-4-2-5-17-30-18-6-3-7-19-30/h13-16,21-22H,2-12,17-20H2,1H3. The lowest BCUT2D eigenvalue weighted by Gasteiger charge is -2.31. The molecule has 0 aromatic heterocycles. The van der Waals surface area contributed by atoms with E-state index < -0.39 is 21.8 Å². The summed E-state index contributed by atoms with van der Waals surface area (Å²) in [6, 6.07) is 3.77. The fraction of sp³-hybridized carbons (Fsp3) is 0.760. The van der Waals surface area contributed by atoms with Gasteiger partial charge in [0.15, 0.2) is 0 Å². The normalized spacial score (nSPS) is 23.2. The molecule has 1 heterocycles. The number of alkyl halides is 3. The van der Waals surface area contributed by atoms with E-state index in [4.69, 9.17) is 0 Å². The number of piperidine rings is 1. The summed E-state index contributed by atoms with van der Waals surface area (Å²) >= 11 is 0. The van der Waals surface area contributed by atoms with E-state index in [1.165, 1.54) is 75.9 Å². The second-order valence-electron chi connectivity index (χ2n) is 9.95. The highest BCUT2D eigenvalue weighted by Gasteiger charge is 2.32. The van der Waals surface area contributed by atoms with Crippen LogP contribution in [0.15, 0.2) is 29.2 Å². The van der Waals surface area contributed by atoms with Gasteiger partial charge in [-0.1, -0.05) is 38.5 Å². The molecule has 8 heteroatoms. The first-order chi connectivity index (χ1) is 15.7. The van der Waals surface area contributed by atoms with Crippen LogP contribution >= 0.6 is 0 Å². The SMILES string of the molecule is CN(CC1CCC(CCCCCN2CCCCC2)CC1)S(=O)(=O)c1ccc(C(F)(F)F)cc1.